The van der Waals surface area contributed by atoms with Crippen LogP contribution < -0.4 is 0 Å². The number of methoxy groups -OCH3 is 3. The van der Waals surface area contributed by atoms with Crippen LogP contribution in [-0.4, -0.2) is 45.3 Å². The highest BCUT2D eigenvalue weighted by Crippen LogP contribution is 2.30. The average molecular weight is 286 g/mol. The lowest BCUT2D eigenvalue weighted by molar-refractivity contribution is -0.141. The Labute approximate surface area is 121 Å². The van der Waals surface area contributed by atoms with E-state index in [0.717, 1.165) is 25.7 Å². The number of ether oxygens (including phenoxy) is 3. The second-order valence-electron chi connectivity index (χ2n) is 5.30. The van der Waals surface area contributed by atoms with Crippen molar-refractivity contribution in [2.45, 2.75) is 57.2 Å². The van der Waals surface area contributed by atoms with Gasteiger partial charge in [0.2, 0.25) is 0 Å². The molecule has 0 N–H and O–H groups in total. The van der Waals surface area contributed by atoms with E-state index in [1.807, 2.05) is 0 Å². The lowest BCUT2D eigenvalue weighted by Crippen LogP contribution is -2.38. The van der Waals surface area contributed by atoms with Gasteiger partial charge in [-0.05, 0) is 32.1 Å². The van der Waals surface area contributed by atoms with Crippen LogP contribution in [0.2, 0.25) is 0 Å². The van der Waals surface area contributed by atoms with Gasteiger partial charge in [0, 0.05) is 33.0 Å². The van der Waals surface area contributed by atoms with Gasteiger partial charge in [-0.25, -0.2) is 0 Å². The molecule has 0 saturated heterocycles. The first-order chi connectivity index (χ1) is 9.62. The number of esters is 1. The summed E-state index contributed by atoms with van der Waals surface area (Å²) in [5.41, 5.74) is 0. The molecule has 0 radical (unpaired) electrons. The zero-order valence-corrected chi connectivity index (χ0v) is 12.7. The smallest absolute Gasteiger partial charge is 0.305 e. The number of Topliss-reactive ketones (excluding diaryl/α,β-unsaturated/α-hetero) is 1. The van der Waals surface area contributed by atoms with Crippen LogP contribution in [0.5, 0.6) is 0 Å². The Balaban J connectivity index is 2.37. The third-order valence-corrected chi connectivity index (χ3v) is 4.07. The summed E-state index contributed by atoms with van der Waals surface area (Å²) in [5.74, 6) is -0.0652. The summed E-state index contributed by atoms with van der Waals surface area (Å²) in [7, 11) is 4.73. The first-order valence-electron chi connectivity index (χ1n) is 7.27. The largest absolute Gasteiger partial charge is 0.469 e. The van der Waals surface area contributed by atoms with Crippen LogP contribution in [0, 0.1) is 5.92 Å². The number of unbranched alkanes of at least 4 members (excludes halogenated alkanes) is 1. The van der Waals surface area contributed by atoms with E-state index < -0.39 is 0 Å². The number of carbonyl (C=O) groups excluding carboxylic acids is 2. The van der Waals surface area contributed by atoms with Gasteiger partial charge in [-0.3, -0.25) is 9.59 Å². The molecule has 0 heterocycles. The molecular weight excluding hydrogens is 260 g/mol. The molecule has 0 aromatic rings. The van der Waals surface area contributed by atoms with Gasteiger partial charge in [0.25, 0.3) is 0 Å². The van der Waals surface area contributed by atoms with Gasteiger partial charge in [-0.1, -0.05) is 0 Å². The second-order valence-corrected chi connectivity index (χ2v) is 5.30. The molecule has 3 atom stereocenters. The first kappa shape index (κ1) is 17.1. The molecule has 116 valence electrons. The summed E-state index contributed by atoms with van der Waals surface area (Å²) in [5, 5.41) is 0. The minimum absolute atomic E-state index is 0.00880. The number of hydrogen-bond acceptors (Lipinski definition) is 5. The quantitative estimate of drug-likeness (QED) is 0.505. The van der Waals surface area contributed by atoms with Gasteiger partial charge in [-0.15, -0.1) is 0 Å². The first-order valence-corrected chi connectivity index (χ1v) is 7.27. The summed E-state index contributed by atoms with van der Waals surface area (Å²) in [6, 6.07) is 0. The van der Waals surface area contributed by atoms with E-state index in [9.17, 15) is 9.59 Å². The van der Waals surface area contributed by atoms with E-state index in [2.05, 4.69) is 4.74 Å². The van der Waals surface area contributed by atoms with Crippen LogP contribution in [0.4, 0.5) is 0 Å². The fraction of sp³-hybridized carbons (Fsp3) is 0.867. The zero-order chi connectivity index (χ0) is 15.0. The van der Waals surface area contributed by atoms with E-state index in [-0.39, 0.29) is 29.9 Å². The molecule has 0 spiro atoms. The Kier molecular flexibility index (Phi) is 7.77. The van der Waals surface area contributed by atoms with Crippen molar-refractivity contribution in [3.63, 3.8) is 0 Å². The number of ketones is 1. The molecule has 1 aliphatic rings. The Morgan fingerprint density at radius 1 is 1.00 bits per heavy atom. The Hall–Kier alpha value is -0.940. The van der Waals surface area contributed by atoms with Gasteiger partial charge < -0.3 is 14.2 Å². The molecule has 1 saturated carbocycles. The fourth-order valence-electron chi connectivity index (χ4n) is 2.80. The van der Waals surface area contributed by atoms with Crippen molar-refractivity contribution in [1.29, 1.82) is 0 Å². The lowest BCUT2D eigenvalue weighted by Gasteiger charge is -2.33. The Bertz CT molecular complexity index is 315. The van der Waals surface area contributed by atoms with Gasteiger partial charge in [0.1, 0.15) is 5.78 Å². The van der Waals surface area contributed by atoms with Crippen LogP contribution in [-0.2, 0) is 23.8 Å². The maximum Gasteiger partial charge on any atom is 0.305 e. The van der Waals surface area contributed by atoms with Crippen molar-refractivity contribution < 1.29 is 23.8 Å². The van der Waals surface area contributed by atoms with Crippen molar-refractivity contribution in [1.82, 2.24) is 0 Å². The van der Waals surface area contributed by atoms with E-state index in [1.165, 1.54) is 7.11 Å². The zero-order valence-electron chi connectivity index (χ0n) is 12.7. The van der Waals surface area contributed by atoms with Crippen LogP contribution >= 0.6 is 0 Å². The van der Waals surface area contributed by atoms with Crippen LogP contribution in [0.3, 0.4) is 0 Å². The number of rotatable bonds is 8. The molecule has 0 aromatic carbocycles. The van der Waals surface area contributed by atoms with Gasteiger partial charge in [0.05, 0.1) is 19.3 Å². The standard InChI is InChI=1S/C15H26O5/c1-18-11-8-9-14(19-2)12(10-11)13(16)6-4-5-7-15(17)20-3/h11-12,14H,4-10H2,1-3H3. The molecular formula is C15H26O5. The highest BCUT2D eigenvalue weighted by molar-refractivity contribution is 5.81. The van der Waals surface area contributed by atoms with Crippen molar-refractivity contribution in [3.8, 4) is 0 Å². The molecule has 5 heteroatoms. The highest BCUT2D eigenvalue weighted by Gasteiger charge is 2.34. The molecule has 0 aliphatic heterocycles. The molecule has 1 fully saturated rings. The van der Waals surface area contributed by atoms with Gasteiger partial charge in [-0.2, -0.15) is 0 Å². The molecule has 0 aromatic heterocycles. The monoisotopic (exact) mass is 286 g/mol. The minimum atomic E-state index is -0.218. The summed E-state index contributed by atoms with van der Waals surface area (Å²) in [4.78, 5) is 23.3. The third kappa shape index (κ3) is 5.21. The van der Waals surface area contributed by atoms with Crippen molar-refractivity contribution in [2.75, 3.05) is 21.3 Å². The molecule has 0 bridgehead atoms. The lowest BCUT2D eigenvalue weighted by atomic mass is 9.80. The summed E-state index contributed by atoms with van der Waals surface area (Å²) in [6.45, 7) is 0. The molecule has 3 unspecified atom stereocenters. The second kappa shape index (κ2) is 9.08. The van der Waals surface area contributed by atoms with E-state index in [1.54, 1.807) is 14.2 Å². The van der Waals surface area contributed by atoms with Gasteiger partial charge in [0.15, 0.2) is 0 Å². The topological polar surface area (TPSA) is 61.8 Å². The molecule has 5 nitrogen and oxygen atoms in total. The van der Waals surface area contributed by atoms with Crippen molar-refractivity contribution in [3.05, 3.63) is 0 Å². The molecule has 1 rings (SSSR count). The van der Waals surface area contributed by atoms with E-state index in [0.29, 0.717) is 19.3 Å². The summed E-state index contributed by atoms with van der Waals surface area (Å²) in [6.07, 6.45) is 5.01. The normalized spacial score (nSPS) is 26.2. The maximum atomic E-state index is 12.3. The fourth-order valence-corrected chi connectivity index (χ4v) is 2.80. The Morgan fingerprint density at radius 3 is 2.30 bits per heavy atom. The molecule has 20 heavy (non-hydrogen) atoms. The molecule has 1 aliphatic carbocycles. The summed E-state index contributed by atoms with van der Waals surface area (Å²) >= 11 is 0. The van der Waals surface area contributed by atoms with E-state index in [4.69, 9.17) is 9.47 Å². The van der Waals surface area contributed by atoms with E-state index >= 15 is 0 Å². The third-order valence-electron chi connectivity index (χ3n) is 4.07. The number of carbonyl (C=O) groups is 2. The maximum absolute atomic E-state index is 12.3. The minimum Gasteiger partial charge on any atom is -0.469 e. The van der Waals surface area contributed by atoms with Crippen LogP contribution in [0.15, 0.2) is 0 Å². The predicted octanol–water partition coefficient (Wildman–Crippen LogP) is 2.12. The van der Waals surface area contributed by atoms with Crippen LogP contribution in [0.25, 0.3) is 0 Å². The van der Waals surface area contributed by atoms with Gasteiger partial charge >= 0.3 is 5.97 Å². The number of hydrogen-bond donors (Lipinski definition) is 0. The average Bonchev–Trinajstić information content (AvgIpc) is 2.50. The Morgan fingerprint density at radius 2 is 1.70 bits per heavy atom. The van der Waals surface area contributed by atoms with Crippen LogP contribution in [0.1, 0.15) is 44.9 Å². The highest BCUT2D eigenvalue weighted by atomic mass is 16.5. The molecule has 0 amide bonds. The SMILES string of the molecule is COC(=O)CCCCC(=O)C1CC(OC)CCC1OC. The van der Waals surface area contributed by atoms with Crippen molar-refractivity contribution in [2.24, 2.45) is 5.92 Å². The summed E-state index contributed by atoms with van der Waals surface area (Å²) < 4.78 is 15.4. The predicted molar refractivity (Wildman–Crippen MR) is 74.4 cm³/mol. The van der Waals surface area contributed by atoms with Crippen molar-refractivity contribution >= 4 is 11.8 Å².